The number of benzene rings is 1. The van der Waals surface area contributed by atoms with Crippen LogP contribution in [0.2, 0.25) is 0 Å². The maximum Gasteiger partial charge on any atom is 0.410 e. The second-order valence-corrected chi connectivity index (χ2v) is 7.16. The lowest BCUT2D eigenvalue weighted by Crippen LogP contribution is -2.41. The third-order valence-electron chi connectivity index (χ3n) is 5.19. The zero-order valence-electron chi connectivity index (χ0n) is 15.4. The Kier molecular flexibility index (Phi) is 4.78. The number of hydrogen-bond donors (Lipinski definition) is 1. The van der Waals surface area contributed by atoms with Gasteiger partial charge in [-0.2, -0.15) is 18.3 Å². The van der Waals surface area contributed by atoms with E-state index < -0.39 is 18.3 Å². The molecule has 1 fully saturated rings. The van der Waals surface area contributed by atoms with E-state index in [-0.39, 0.29) is 23.8 Å². The number of halogens is 3. The Morgan fingerprint density at radius 1 is 1.21 bits per heavy atom. The van der Waals surface area contributed by atoms with Crippen molar-refractivity contribution >= 4 is 11.7 Å². The number of aryl methyl sites for hydroxylation is 1. The number of amides is 1. The summed E-state index contributed by atoms with van der Waals surface area (Å²) in [5, 5.41) is 7.14. The second-order valence-electron chi connectivity index (χ2n) is 7.16. The van der Waals surface area contributed by atoms with Crippen LogP contribution >= 0.6 is 0 Å². The fraction of sp³-hybridized carbons (Fsp3) is 0.474. The molecular weight excluding hydrogens is 373 g/mol. The van der Waals surface area contributed by atoms with E-state index in [9.17, 15) is 18.0 Å². The number of nitrogens with one attached hydrogen (secondary N) is 1. The van der Waals surface area contributed by atoms with E-state index in [0.29, 0.717) is 26.3 Å². The van der Waals surface area contributed by atoms with Crippen LogP contribution in [0.5, 0.6) is 0 Å². The average Bonchev–Trinajstić information content (AvgIpc) is 3.11. The molecule has 6 nitrogen and oxygen atoms in total. The molecule has 1 aromatic heterocycles. The van der Waals surface area contributed by atoms with Crippen molar-refractivity contribution in [3.63, 3.8) is 0 Å². The Hall–Kier alpha value is -2.55. The van der Waals surface area contributed by atoms with Gasteiger partial charge in [-0.25, -0.2) is 4.68 Å². The molecule has 2 unspecified atom stereocenters. The van der Waals surface area contributed by atoms with Crippen LogP contribution in [0.25, 0.3) is 0 Å². The highest BCUT2D eigenvalue weighted by molar-refractivity contribution is 5.93. The highest BCUT2D eigenvalue weighted by atomic mass is 19.4. The molecular formula is C19H21F3N4O2. The number of anilines is 1. The average molecular weight is 394 g/mol. The summed E-state index contributed by atoms with van der Waals surface area (Å²) < 4.78 is 47.3. The van der Waals surface area contributed by atoms with Crippen molar-refractivity contribution in [2.75, 3.05) is 31.6 Å². The maximum absolute atomic E-state index is 13.7. The highest BCUT2D eigenvalue weighted by Gasteiger charge is 2.47. The summed E-state index contributed by atoms with van der Waals surface area (Å²) in [7, 11) is 0. The van der Waals surface area contributed by atoms with Gasteiger partial charge in [0.25, 0.3) is 5.91 Å². The van der Waals surface area contributed by atoms with Gasteiger partial charge in [-0.05, 0) is 12.5 Å². The molecule has 3 heterocycles. The first kappa shape index (κ1) is 18.8. The third-order valence-corrected chi connectivity index (χ3v) is 5.19. The minimum Gasteiger partial charge on any atom is -0.378 e. The van der Waals surface area contributed by atoms with E-state index in [0.717, 1.165) is 15.8 Å². The number of carbonyl (C=O) groups excluding carboxylic acids is 1. The van der Waals surface area contributed by atoms with Crippen LogP contribution in [0.4, 0.5) is 19.0 Å². The summed E-state index contributed by atoms with van der Waals surface area (Å²) in [5.74, 6) is -0.171. The van der Waals surface area contributed by atoms with Crippen molar-refractivity contribution in [3.05, 3.63) is 47.2 Å². The minimum atomic E-state index is -4.47. The van der Waals surface area contributed by atoms with Crippen LogP contribution in [0, 0.1) is 6.92 Å². The monoisotopic (exact) mass is 394 g/mol. The van der Waals surface area contributed by atoms with Crippen molar-refractivity contribution in [1.29, 1.82) is 0 Å². The number of carbonyl (C=O) groups is 1. The summed E-state index contributed by atoms with van der Waals surface area (Å²) >= 11 is 0. The van der Waals surface area contributed by atoms with Gasteiger partial charge in [0.1, 0.15) is 5.82 Å². The van der Waals surface area contributed by atoms with Crippen molar-refractivity contribution in [2.45, 2.75) is 31.6 Å². The first-order valence-electron chi connectivity index (χ1n) is 9.19. The molecule has 0 aliphatic carbocycles. The van der Waals surface area contributed by atoms with E-state index in [1.165, 1.54) is 6.07 Å². The number of ether oxygens (including phenoxy) is 1. The van der Waals surface area contributed by atoms with Crippen molar-refractivity contribution in [2.24, 2.45) is 0 Å². The number of alkyl halides is 3. The lowest BCUT2D eigenvalue weighted by molar-refractivity contribution is -0.173. The molecule has 1 N–H and O–H groups in total. The molecule has 0 bridgehead atoms. The van der Waals surface area contributed by atoms with Gasteiger partial charge in [0.05, 0.1) is 19.3 Å². The smallest absolute Gasteiger partial charge is 0.378 e. The van der Waals surface area contributed by atoms with Crippen molar-refractivity contribution in [3.8, 4) is 0 Å². The molecule has 2 aromatic rings. The lowest BCUT2D eigenvalue weighted by Gasteiger charge is -2.33. The number of hydrogen-bond acceptors (Lipinski definition) is 4. The first-order valence-corrected chi connectivity index (χ1v) is 9.19. The zero-order valence-corrected chi connectivity index (χ0v) is 15.4. The van der Waals surface area contributed by atoms with E-state index in [1.807, 2.05) is 31.2 Å². The summed E-state index contributed by atoms with van der Waals surface area (Å²) in [6.45, 7) is 3.57. The molecule has 1 saturated heterocycles. The molecule has 28 heavy (non-hydrogen) atoms. The molecule has 4 rings (SSSR count). The molecule has 0 saturated carbocycles. The van der Waals surface area contributed by atoms with E-state index in [1.54, 1.807) is 4.90 Å². The molecule has 9 heteroatoms. The van der Waals surface area contributed by atoms with Gasteiger partial charge < -0.3 is 15.0 Å². The summed E-state index contributed by atoms with van der Waals surface area (Å²) in [4.78, 5) is 14.2. The third kappa shape index (κ3) is 3.58. The largest absolute Gasteiger partial charge is 0.410 e. The van der Waals surface area contributed by atoms with Gasteiger partial charge in [-0.1, -0.05) is 29.8 Å². The SMILES string of the molecule is Cc1ccc(C2CC(C(F)(F)F)n3nc(C(=O)N4CCOCC4)cc3N2)cc1. The fourth-order valence-electron chi connectivity index (χ4n) is 3.62. The molecule has 150 valence electrons. The number of morpholine rings is 1. The second kappa shape index (κ2) is 7.12. The Morgan fingerprint density at radius 3 is 2.54 bits per heavy atom. The Balaban J connectivity index is 1.65. The minimum absolute atomic E-state index is 0.0169. The van der Waals surface area contributed by atoms with Crippen LogP contribution in [0.15, 0.2) is 30.3 Å². The Morgan fingerprint density at radius 2 is 1.89 bits per heavy atom. The van der Waals surface area contributed by atoms with Crippen LogP contribution in [-0.2, 0) is 4.74 Å². The van der Waals surface area contributed by atoms with Crippen LogP contribution in [-0.4, -0.2) is 53.1 Å². The summed E-state index contributed by atoms with van der Waals surface area (Å²) in [6, 6.07) is 6.51. The van der Waals surface area contributed by atoms with E-state index in [2.05, 4.69) is 10.4 Å². The predicted molar refractivity (Wildman–Crippen MR) is 96.2 cm³/mol. The fourth-order valence-corrected chi connectivity index (χ4v) is 3.62. The first-order chi connectivity index (χ1) is 13.3. The Labute approximate surface area is 160 Å². The molecule has 0 radical (unpaired) electrons. The predicted octanol–water partition coefficient (Wildman–Crippen LogP) is 3.32. The highest BCUT2D eigenvalue weighted by Crippen LogP contribution is 2.43. The van der Waals surface area contributed by atoms with Gasteiger partial charge >= 0.3 is 6.18 Å². The van der Waals surface area contributed by atoms with Gasteiger partial charge in [-0.15, -0.1) is 0 Å². The number of aromatic nitrogens is 2. The lowest BCUT2D eigenvalue weighted by atomic mass is 9.96. The maximum atomic E-state index is 13.7. The van der Waals surface area contributed by atoms with E-state index >= 15 is 0 Å². The van der Waals surface area contributed by atoms with Crippen LogP contribution in [0.3, 0.4) is 0 Å². The Bertz CT molecular complexity index is 857. The standard InChI is InChI=1S/C19H21F3N4O2/c1-12-2-4-13(5-3-12)14-10-16(19(20,21)22)26-17(23-14)11-15(24-26)18(27)25-6-8-28-9-7-25/h2-5,11,14,16,23H,6-10H2,1H3. The van der Waals surface area contributed by atoms with Gasteiger partial charge in [0.15, 0.2) is 11.7 Å². The van der Waals surface area contributed by atoms with Gasteiger partial charge in [0.2, 0.25) is 0 Å². The van der Waals surface area contributed by atoms with Crippen molar-refractivity contribution < 1.29 is 22.7 Å². The number of fused-ring (bicyclic) bond motifs is 1. The molecule has 2 aliphatic rings. The zero-order chi connectivity index (χ0) is 19.9. The summed E-state index contributed by atoms with van der Waals surface area (Å²) in [5.41, 5.74) is 1.83. The summed E-state index contributed by atoms with van der Waals surface area (Å²) in [6.07, 6.45) is -4.66. The molecule has 2 aliphatic heterocycles. The normalized spacial score (nSPS) is 22.5. The van der Waals surface area contributed by atoms with Gasteiger partial charge in [-0.3, -0.25) is 4.79 Å². The quantitative estimate of drug-likeness (QED) is 0.849. The topological polar surface area (TPSA) is 59.4 Å². The molecule has 1 aromatic carbocycles. The number of rotatable bonds is 2. The number of nitrogens with zero attached hydrogens (tertiary/aromatic N) is 3. The van der Waals surface area contributed by atoms with Crippen LogP contribution in [0.1, 0.15) is 40.1 Å². The molecule has 1 amide bonds. The van der Waals surface area contributed by atoms with Crippen LogP contribution < -0.4 is 5.32 Å². The van der Waals surface area contributed by atoms with E-state index in [4.69, 9.17) is 4.74 Å². The van der Waals surface area contributed by atoms with Gasteiger partial charge in [0, 0.05) is 25.6 Å². The van der Waals surface area contributed by atoms with Crippen molar-refractivity contribution in [1.82, 2.24) is 14.7 Å². The molecule has 0 spiro atoms. The molecule has 2 atom stereocenters.